The maximum absolute atomic E-state index is 5.92. The minimum absolute atomic E-state index is 0.564. The van der Waals surface area contributed by atoms with Crippen LogP contribution in [0.2, 0.25) is 0 Å². The molecule has 0 radical (unpaired) electrons. The van der Waals surface area contributed by atoms with Crippen LogP contribution in [0.3, 0.4) is 0 Å². The topological polar surface area (TPSA) is 81.8 Å². The predicted molar refractivity (Wildman–Crippen MR) is 78.2 cm³/mol. The summed E-state index contributed by atoms with van der Waals surface area (Å²) >= 11 is 0. The fourth-order valence-corrected chi connectivity index (χ4v) is 2.28. The van der Waals surface area contributed by atoms with Gasteiger partial charge in [0.05, 0.1) is 23.4 Å². The van der Waals surface area contributed by atoms with E-state index in [1.54, 1.807) is 4.68 Å². The van der Waals surface area contributed by atoms with Crippen LogP contribution in [-0.2, 0) is 6.42 Å². The zero-order valence-electron chi connectivity index (χ0n) is 11.6. The van der Waals surface area contributed by atoms with Crippen molar-refractivity contribution in [2.24, 2.45) is 0 Å². The van der Waals surface area contributed by atoms with Crippen LogP contribution in [0, 0.1) is 0 Å². The van der Waals surface area contributed by atoms with Gasteiger partial charge < -0.3 is 10.5 Å². The second-order valence-corrected chi connectivity index (χ2v) is 4.47. The first-order chi connectivity index (χ1) is 9.74. The number of nitrogen functional groups attached to an aromatic ring is 1. The molecule has 0 amide bonds. The normalized spacial score (nSPS) is 11.1. The van der Waals surface area contributed by atoms with Gasteiger partial charge in [0.2, 0.25) is 0 Å². The summed E-state index contributed by atoms with van der Waals surface area (Å²) in [5.41, 5.74) is 8.55. The first-order valence-electron chi connectivity index (χ1n) is 6.69. The van der Waals surface area contributed by atoms with Crippen molar-refractivity contribution in [2.75, 3.05) is 12.3 Å². The van der Waals surface area contributed by atoms with E-state index in [0.29, 0.717) is 12.4 Å². The Hall–Kier alpha value is -2.50. The highest BCUT2D eigenvalue weighted by atomic mass is 16.5. The Morgan fingerprint density at radius 1 is 1.25 bits per heavy atom. The number of aromatic amines is 1. The van der Waals surface area contributed by atoms with E-state index >= 15 is 0 Å². The molecular formula is C14H17N5O. The molecule has 0 fully saturated rings. The van der Waals surface area contributed by atoms with Crippen molar-refractivity contribution in [2.45, 2.75) is 20.3 Å². The molecule has 104 valence electrons. The molecule has 1 aromatic carbocycles. The zero-order chi connectivity index (χ0) is 14.1. The summed E-state index contributed by atoms with van der Waals surface area (Å²) in [4.78, 5) is 0. The van der Waals surface area contributed by atoms with E-state index in [2.05, 4.69) is 22.2 Å². The molecule has 2 heterocycles. The number of nitrogens with one attached hydrogen (secondary N) is 1. The quantitative estimate of drug-likeness (QED) is 0.762. The monoisotopic (exact) mass is 271 g/mol. The maximum atomic E-state index is 5.92. The molecule has 0 bridgehead atoms. The summed E-state index contributed by atoms with van der Waals surface area (Å²) in [5, 5.41) is 12.5. The molecule has 3 rings (SSSR count). The molecule has 3 N–H and O–H groups in total. The van der Waals surface area contributed by atoms with Gasteiger partial charge in [0.15, 0.2) is 5.65 Å². The highest BCUT2D eigenvalue weighted by molar-refractivity contribution is 5.89. The molecule has 6 heteroatoms. The second kappa shape index (κ2) is 4.88. The number of nitrogens with two attached hydrogens (primary N) is 1. The molecule has 3 aromatic rings. The molecule has 0 aliphatic carbocycles. The van der Waals surface area contributed by atoms with Gasteiger partial charge in [-0.3, -0.25) is 5.10 Å². The van der Waals surface area contributed by atoms with Crippen LogP contribution in [-0.4, -0.2) is 26.6 Å². The number of H-pyrrole nitrogens is 1. The Morgan fingerprint density at radius 3 is 2.65 bits per heavy atom. The highest BCUT2D eigenvalue weighted by Crippen LogP contribution is 2.26. The Morgan fingerprint density at radius 2 is 2.00 bits per heavy atom. The van der Waals surface area contributed by atoms with E-state index in [1.807, 2.05) is 31.2 Å². The molecule has 0 aliphatic heterocycles. The summed E-state index contributed by atoms with van der Waals surface area (Å²) in [6, 6.07) is 7.77. The van der Waals surface area contributed by atoms with E-state index < -0.39 is 0 Å². The molecule has 0 saturated heterocycles. The van der Waals surface area contributed by atoms with Gasteiger partial charge in [-0.1, -0.05) is 6.92 Å². The van der Waals surface area contributed by atoms with E-state index in [9.17, 15) is 0 Å². The summed E-state index contributed by atoms with van der Waals surface area (Å²) in [5.74, 6) is 1.41. The van der Waals surface area contributed by atoms with Crippen LogP contribution in [0.5, 0.6) is 5.75 Å². The number of benzene rings is 1. The summed E-state index contributed by atoms with van der Waals surface area (Å²) in [7, 11) is 0. The van der Waals surface area contributed by atoms with Gasteiger partial charge in [-0.2, -0.15) is 10.2 Å². The van der Waals surface area contributed by atoms with Crippen LogP contribution >= 0.6 is 0 Å². The van der Waals surface area contributed by atoms with Crippen molar-refractivity contribution in [1.82, 2.24) is 20.0 Å². The Labute approximate surface area is 116 Å². The lowest BCUT2D eigenvalue weighted by Gasteiger charge is -2.05. The minimum Gasteiger partial charge on any atom is -0.494 e. The van der Waals surface area contributed by atoms with Crippen molar-refractivity contribution in [3.05, 3.63) is 30.0 Å². The molecule has 0 unspecified atom stereocenters. The van der Waals surface area contributed by atoms with E-state index in [-0.39, 0.29) is 0 Å². The zero-order valence-corrected chi connectivity index (χ0v) is 11.6. The summed E-state index contributed by atoms with van der Waals surface area (Å²) in [6.45, 7) is 4.67. The van der Waals surface area contributed by atoms with Crippen LogP contribution < -0.4 is 10.5 Å². The highest BCUT2D eigenvalue weighted by Gasteiger charge is 2.16. The number of aryl methyl sites for hydroxylation is 1. The van der Waals surface area contributed by atoms with Crippen molar-refractivity contribution in [3.8, 4) is 11.4 Å². The third-order valence-electron chi connectivity index (χ3n) is 3.21. The largest absolute Gasteiger partial charge is 0.494 e. The average Bonchev–Trinajstić information content (AvgIpc) is 3.01. The summed E-state index contributed by atoms with van der Waals surface area (Å²) in [6.07, 6.45) is 0.810. The van der Waals surface area contributed by atoms with Crippen LogP contribution in [0.15, 0.2) is 24.3 Å². The first kappa shape index (κ1) is 12.5. The molecular weight excluding hydrogens is 254 g/mol. The molecule has 0 aliphatic rings. The predicted octanol–water partition coefficient (Wildman–Crippen LogP) is 2.29. The van der Waals surface area contributed by atoms with Gasteiger partial charge >= 0.3 is 0 Å². The van der Waals surface area contributed by atoms with Gasteiger partial charge in [-0.05, 0) is 37.6 Å². The Bertz CT molecular complexity index is 726. The number of hydrogen-bond donors (Lipinski definition) is 2. The van der Waals surface area contributed by atoms with Crippen LogP contribution in [0.25, 0.3) is 16.7 Å². The van der Waals surface area contributed by atoms with Crippen molar-refractivity contribution in [3.63, 3.8) is 0 Å². The standard InChI is InChI=1S/C14H17N5O/c1-3-11-12-13(15)16-17-14(12)19(18-11)9-5-7-10(8-6-9)20-4-2/h5-8H,3-4H2,1-2H3,(H3,15,16,17). The molecule has 0 spiro atoms. The molecule has 0 atom stereocenters. The van der Waals surface area contributed by atoms with Gasteiger partial charge in [0, 0.05) is 0 Å². The van der Waals surface area contributed by atoms with Gasteiger partial charge in [-0.15, -0.1) is 0 Å². The average molecular weight is 271 g/mol. The third kappa shape index (κ3) is 1.89. The van der Waals surface area contributed by atoms with Crippen LogP contribution in [0.4, 0.5) is 5.82 Å². The fourth-order valence-electron chi connectivity index (χ4n) is 2.28. The number of ether oxygens (including phenoxy) is 1. The van der Waals surface area contributed by atoms with E-state index in [1.165, 1.54) is 0 Å². The lowest BCUT2D eigenvalue weighted by molar-refractivity contribution is 0.340. The SMILES string of the molecule is CCOc1ccc(-n2nc(CC)c3c(N)[nH]nc32)cc1. The molecule has 0 saturated carbocycles. The smallest absolute Gasteiger partial charge is 0.186 e. The number of rotatable bonds is 4. The van der Waals surface area contributed by atoms with Crippen LogP contribution in [0.1, 0.15) is 19.5 Å². The maximum Gasteiger partial charge on any atom is 0.186 e. The van der Waals surface area contributed by atoms with Crippen molar-refractivity contribution < 1.29 is 4.74 Å². The first-order valence-corrected chi connectivity index (χ1v) is 6.69. The van der Waals surface area contributed by atoms with Gasteiger partial charge in [-0.25, -0.2) is 4.68 Å². The number of hydrogen-bond acceptors (Lipinski definition) is 4. The molecule has 2 aromatic heterocycles. The molecule has 20 heavy (non-hydrogen) atoms. The number of fused-ring (bicyclic) bond motifs is 1. The van der Waals surface area contributed by atoms with Gasteiger partial charge in [0.1, 0.15) is 11.6 Å². The Kier molecular flexibility index (Phi) is 3.06. The lowest BCUT2D eigenvalue weighted by Crippen LogP contribution is -1.99. The second-order valence-electron chi connectivity index (χ2n) is 4.47. The van der Waals surface area contributed by atoms with E-state index in [4.69, 9.17) is 10.5 Å². The number of aromatic nitrogens is 4. The van der Waals surface area contributed by atoms with Crippen molar-refractivity contribution >= 4 is 16.9 Å². The summed E-state index contributed by atoms with van der Waals surface area (Å²) < 4.78 is 7.25. The van der Waals surface area contributed by atoms with Gasteiger partial charge in [0.25, 0.3) is 0 Å². The Balaban J connectivity index is 2.09. The fraction of sp³-hybridized carbons (Fsp3) is 0.286. The number of anilines is 1. The molecule has 6 nitrogen and oxygen atoms in total. The van der Waals surface area contributed by atoms with Crippen molar-refractivity contribution in [1.29, 1.82) is 0 Å². The number of nitrogens with zero attached hydrogens (tertiary/aromatic N) is 3. The lowest BCUT2D eigenvalue weighted by atomic mass is 10.2. The third-order valence-corrected chi connectivity index (χ3v) is 3.21. The van der Waals surface area contributed by atoms with E-state index in [0.717, 1.165) is 34.6 Å². The minimum atomic E-state index is 0.564.